The minimum absolute atomic E-state index is 0.211. The van der Waals surface area contributed by atoms with Crippen LogP contribution in [-0.4, -0.2) is 46.4 Å². The number of hydrogen-bond donors (Lipinski definition) is 2. The van der Waals surface area contributed by atoms with Gasteiger partial charge in [-0.2, -0.15) is 0 Å². The third-order valence-electron chi connectivity index (χ3n) is 5.22. The summed E-state index contributed by atoms with van der Waals surface area (Å²) in [6.45, 7) is 0.813. The first kappa shape index (κ1) is 19.0. The predicted octanol–water partition coefficient (Wildman–Crippen LogP) is 2.97. The monoisotopic (exact) mass is 398 g/mol. The van der Waals surface area contributed by atoms with Crippen molar-refractivity contribution in [3.63, 3.8) is 0 Å². The van der Waals surface area contributed by atoms with Gasteiger partial charge < -0.3 is 15.3 Å². The second-order valence-corrected chi connectivity index (χ2v) is 7.76. The van der Waals surface area contributed by atoms with Gasteiger partial charge in [-0.05, 0) is 50.3 Å². The summed E-state index contributed by atoms with van der Waals surface area (Å²) >= 11 is 11.9. The molecule has 26 heavy (non-hydrogen) atoms. The molecule has 140 valence electrons. The van der Waals surface area contributed by atoms with Crippen LogP contribution in [-0.2, 0) is 9.59 Å². The highest BCUT2D eigenvalue weighted by Gasteiger charge is 2.46. The molecule has 6 nitrogen and oxygen atoms in total. The van der Waals surface area contributed by atoms with Crippen molar-refractivity contribution in [1.29, 1.82) is 0 Å². The molecule has 1 atom stereocenters. The lowest BCUT2D eigenvalue weighted by Crippen LogP contribution is -2.61. The van der Waals surface area contributed by atoms with Crippen molar-refractivity contribution < 1.29 is 19.5 Å². The highest BCUT2D eigenvalue weighted by atomic mass is 35.5. The fourth-order valence-electron chi connectivity index (χ4n) is 3.45. The first-order valence-corrected chi connectivity index (χ1v) is 9.38. The van der Waals surface area contributed by atoms with E-state index in [1.165, 1.54) is 6.07 Å². The van der Waals surface area contributed by atoms with E-state index < -0.39 is 17.4 Å². The topological polar surface area (TPSA) is 86.7 Å². The highest BCUT2D eigenvalue weighted by Crippen LogP contribution is 2.33. The van der Waals surface area contributed by atoms with Crippen molar-refractivity contribution in [3.05, 3.63) is 33.8 Å². The van der Waals surface area contributed by atoms with Crippen molar-refractivity contribution in [3.8, 4) is 0 Å². The Kier molecular flexibility index (Phi) is 5.44. The molecule has 0 radical (unpaired) electrons. The van der Waals surface area contributed by atoms with Crippen molar-refractivity contribution in [2.45, 2.75) is 37.6 Å². The van der Waals surface area contributed by atoms with Crippen LogP contribution in [0.15, 0.2) is 18.2 Å². The minimum Gasteiger partial charge on any atom is -0.480 e. The molecule has 2 N–H and O–H groups in total. The average Bonchev–Trinajstić information content (AvgIpc) is 2.59. The molecule has 2 fully saturated rings. The first-order valence-electron chi connectivity index (χ1n) is 8.62. The molecule has 1 aromatic carbocycles. The summed E-state index contributed by atoms with van der Waals surface area (Å²) in [5, 5.41) is 12.7. The van der Waals surface area contributed by atoms with Crippen molar-refractivity contribution in [2.75, 3.05) is 13.1 Å². The second-order valence-electron chi connectivity index (χ2n) is 6.95. The summed E-state index contributed by atoms with van der Waals surface area (Å²) in [7, 11) is 0. The lowest BCUT2D eigenvalue weighted by atomic mass is 9.76. The van der Waals surface area contributed by atoms with Crippen molar-refractivity contribution in [1.82, 2.24) is 10.2 Å². The lowest BCUT2D eigenvalue weighted by Gasteiger charge is -2.40. The number of benzene rings is 1. The number of amides is 2. The molecular formula is C18H20Cl2N2O4. The van der Waals surface area contributed by atoms with E-state index in [1.807, 2.05) is 0 Å². The Labute approximate surface area is 161 Å². The zero-order valence-electron chi connectivity index (χ0n) is 14.1. The number of carbonyl (C=O) groups is 3. The standard InChI is InChI=1S/C18H20Cl2N2O4/c19-13-5-4-11(9-14(13)20)16(24)22-8-1-3-12(10-22)15(23)21-18(17(25)26)6-2-7-18/h4-5,9,12H,1-3,6-8,10H2,(H,21,23)(H,25,26). The molecule has 0 bridgehead atoms. The van der Waals surface area contributed by atoms with Crippen LogP contribution in [0.5, 0.6) is 0 Å². The number of rotatable bonds is 4. The number of halogens is 2. The van der Waals surface area contributed by atoms with Crippen LogP contribution in [0.1, 0.15) is 42.5 Å². The summed E-state index contributed by atoms with van der Waals surface area (Å²) in [6.07, 6.45) is 3.01. The van der Waals surface area contributed by atoms with Crippen LogP contribution in [0.25, 0.3) is 0 Å². The Morgan fingerprint density at radius 1 is 1.15 bits per heavy atom. The van der Waals surface area contributed by atoms with Crippen LogP contribution in [0, 0.1) is 5.92 Å². The third-order valence-corrected chi connectivity index (χ3v) is 5.96. The first-order chi connectivity index (χ1) is 12.3. The summed E-state index contributed by atoms with van der Waals surface area (Å²) in [5.74, 6) is -1.90. The summed E-state index contributed by atoms with van der Waals surface area (Å²) in [5.41, 5.74) is -0.714. The molecule has 1 unspecified atom stereocenters. The molecule has 1 aromatic rings. The number of nitrogens with zero attached hydrogens (tertiary/aromatic N) is 1. The smallest absolute Gasteiger partial charge is 0.329 e. The number of carboxylic acid groups (broad SMARTS) is 1. The average molecular weight is 399 g/mol. The summed E-state index contributed by atoms with van der Waals surface area (Å²) in [6, 6.07) is 4.69. The number of piperidine rings is 1. The number of nitrogens with one attached hydrogen (secondary N) is 1. The molecular weight excluding hydrogens is 379 g/mol. The Morgan fingerprint density at radius 2 is 1.88 bits per heavy atom. The third kappa shape index (κ3) is 3.67. The summed E-state index contributed by atoms with van der Waals surface area (Å²) in [4.78, 5) is 38.3. The van der Waals surface area contributed by atoms with Crippen LogP contribution >= 0.6 is 23.2 Å². The van der Waals surface area contributed by atoms with E-state index in [-0.39, 0.29) is 18.4 Å². The largest absolute Gasteiger partial charge is 0.480 e. The maximum atomic E-state index is 12.7. The van der Waals surface area contributed by atoms with Crippen LogP contribution in [0.2, 0.25) is 10.0 Å². The van der Waals surface area contributed by atoms with Gasteiger partial charge in [0.15, 0.2) is 0 Å². The quantitative estimate of drug-likeness (QED) is 0.815. The van der Waals surface area contributed by atoms with Crippen LogP contribution in [0.4, 0.5) is 0 Å². The molecule has 2 aliphatic rings. The number of likely N-dealkylation sites (tertiary alicyclic amines) is 1. The summed E-state index contributed by atoms with van der Waals surface area (Å²) < 4.78 is 0. The second kappa shape index (κ2) is 7.45. The fourth-order valence-corrected chi connectivity index (χ4v) is 3.75. The predicted molar refractivity (Wildman–Crippen MR) is 97.5 cm³/mol. The molecule has 3 rings (SSSR count). The molecule has 1 aliphatic heterocycles. The van der Waals surface area contributed by atoms with Crippen LogP contribution < -0.4 is 5.32 Å². The van der Waals surface area contributed by atoms with E-state index >= 15 is 0 Å². The molecule has 1 aliphatic carbocycles. The maximum absolute atomic E-state index is 12.7. The highest BCUT2D eigenvalue weighted by molar-refractivity contribution is 6.42. The SMILES string of the molecule is O=C(NC1(C(=O)O)CCC1)C1CCCN(C(=O)c2ccc(Cl)c(Cl)c2)C1. The number of hydrogen-bond acceptors (Lipinski definition) is 3. The van der Waals surface area contributed by atoms with Gasteiger partial charge in [-0.1, -0.05) is 23.2 Å². The van der Waals surface area contributed by atoms with E-state index in [0.717, 1.165) is 6.42 Å². The number of carboxylic acids is 1. The molecule has 1 heterocycles. The zero-order valence-corrected chi connectivity index (χ0v) is 15.6. The van der Waals surface area contributed by atoms with Crippen LogP contribution in [0.3, 0.4) is 0 Å². The molecule has 2 amide bonds. The van der Waals surface area contributed by atoms with Gasteiger partial charge in [0.25, 0.3) is 5.91 Å². The van der Waals surface area contributed by atoms with E-state index in [9.17, 15) is 19.5 Å². The Balaban J connectivity index is 1.66. The maximum Gasteiger partial charge on any atom is 0.329 e. The Hall–Kier alpha value is -1.79. The van der Waals surface area contributed by atoms with Gasteiger partial charge in [-0.3, -0.25) is 9.59 Å². The van der Waals surface area contributed by atoms with E-state index in [2.05, 4.69) is 5.32 Å². The van der Waals surface area contributed by atoms with Gasteiger partial charge >= 0.3 is 5.97 Å². The van der Waals surface area contributed by atoms with E-state index in [4.69, 9.17) is 23.2 Å². The van der Waals surface area contributed by atoms with E-state index in [0.29, 0.717) is 47.8 Å². The Morgan fingerprint density at radius 3 is 2.46 bits per heavy atom. The lowest BCUT2D eigenvalue weighted by molar-refractivity contribution is -0.152. The molecule has 0 spiro atoms. The van der Waals surface area contributed by atoms with Gasteiger partial charge in [0, 0.05) is 18.7 Å². The van der Waals surface area contributed by atoms with Crippen molar-refractivity contribution >= 4 is 41.0 Å². The van der Waals surface area contributed by atoms with Gasteiger partial charge in [-0.15, -0.1) is 0 Å². The van der Waals surface area contributed by atoms with Gasteiger partial charge in [-0.25, -0.2) is 4.79 Å². The molecule has 0 aromatic heterocycles. The van der Waals surface area contributed by atoms with E-state index in [1.54, 1.807) is 17.0 Å². The number of aliphatic carboxylic acids is 1. The molecule has 1 saturated carbocycles. The number of carbonyl (C=O) groups excluding carboxylic acids is 2. The van der Waals surface area contributed by atoms with Gasteiger partial charge in [0.05, 0.1) is 16.0 Å². The zero-order chi connectivity index (χ0) is 18.9. The van der Waals surface area contributed by atoms with Gasteiger partial charge in [0.2, 0.25) is 5.91 Å². The van der Waals surface area contributed by atoms with Gasteiger partial charge in [0.1, 0.15) is 5.54 Å². The van der Waals surface area contributed by atoms with Crippen molar-refractivity contribution in [2.24, 2.45) is 5.92 Å². The molecule has 8 heteroatoms. The molecule has 1 saturated heterocycles. The normalized spacial score (nSPS) is 21.6. The minimum atomic E-state index is -1.13. The fraction of sp³-hybridized carbons (Fsp3) is 0.500. The Bertz CT molecular complexity index is 749.